The van der Waals surface area contributed by atoms with E-state index in [1.165, 1.54) is 0 Å². The minimum atomic E-state index is -1.21. The maximum absolute atomic E-state index is 13.2. The number of benzene rings is 1. The number of amides is 2. The van der Waals surface area contributed by atoms with Gasteiger partial charge in [0.05, 0.1) is 11.3 Å². The topological polar surface area (TPSA) is 69.6 Å². The van der Waals surface area contributed by atoms with Crippen LogP contribution in [0.2, 0.25) is 0 Å². The van der Waals surface area contributed by atoms with Crippen molar-refractivity contribution < 1.29 is 19.1 Å². The number of urea groups is 1. The quantitative estimate of drug-likeness (QED) is 0.817. The number of rotatable bonds is 2. The first-order valence-electron chi connectivity index (χ1n) is 6.22. The minimum Gasteiger partial charge on any atom is -0.478 e. The molecular weight excluding hydrogens is 263 g/mol. The van der Waals surface area contributed by atoms with Gasteiger partial charge in [-0.2, -0.15) is 0 Å². The van der Waals surface area contributed by atoms with Gasteiger partial charge in [0.15, 0.2) is 0 Å². The van der Waals surface area contributed by atoms with Gasteiger partial charge in [0.1, 0.15) is 5.82 Å². The summed E-state index contributed by atoms with van der Waals surface area (Å²) in [5, 5.41) is 11.5. The molecule has 0 fully saturated rings. The van der Waals surface area contributed by atoms with Gasteiger partial charge < -0.3 is 15.3 Å². The van der Waals surface area contributed by atoms with Crippen molar-refractivity contribution in [3.8, 4) is 0 Å². The van der Waals surface area contributed by atoms with Crippen molar-refractivity contribution in [2.75, 3.05) is 18.4 Å². The van der Waals surface area contributed by atoms with Crippen LogP contribution in [0.5, 0.6) is 0 Å². The molecule has 0 aromatic heterocycles. The summed E-state index contributed by atoms with van der Waals surface area (Å²) in [5.74, 6) is -1.81. The molecule has 0 saturated carbocycles. The second-order valence-corrected chi connectivity index (χ2v) is 4.69. The van der Waals surface area contributed by atoms with E-state index in [1.807, 2.05) is 6.92 Å². The maximum atomic E-state index is 13.2. The summed E-state index contributed by atoms with van der Waals surface area (Å²) in [6.45, 7) is 2.97. The van der Waals surface area contributed by atoms with Crippen LogP contribution in [0.15, 0.2) is 29.8 Å². The lowest BCUT2D eigenvalue weighted by Crippen LogP contribution is -2.38. The highest BCUT2D eigenvalue weighted by atomic mass is 19.1. The number of nitrogens with one attached hydrogen (secondary N) is 1. The number of nitrogens with zero attached hydrogens (tertiary/aromatic N) is 1. The van der Waals surface area contributed by atoms with Gasteiger partial charge in [0.25, 0.3) is 0 Å². The summed E-state index contributed by atoms with van der Waals surface area (Å²) in [6.07, 6.45) is 2.81. The van der Waals surface area contributed by atoms with E-state index in [2.05, 4.69) is 11.4 Å². The Morgan fingerprint density at radius 2 is 2.15 bits per heavy atom. The van der Waals surface area contributed by atoms with Gasteiger partial charge in [-0.15, -0.1) is 0 Å². The molecule has 1 aliphatic rings. The Labute approximate surface area is 115 Å². The fourth-order valence-electron chi connectivity index (χ4n) is 2.09. The number of carboxylic acids is 1. The van der Waals surface area contributed by atoms with E-state index in [4.69, 9.17) is 5.11 Å². The minimum absolute atomic E-state index is 0.0327. The average Bonchev–Trinajstić information content (AvgIpc) is 2.38. The van der Waals surface area contributed by atoms with Crippen LogP contribution in [0.1, 0.15) is 23.7 Å². The standard InChI is InChI=1S/C14H15FN2O3/c1-9-3-2-6-17(8-9)14(20)16-12-7-10(15)4-5-11(12)13(18)19/h3-5,7H,2,6,8H2,1H3,(H,16,20)(H,18,19). The number of halogens is 1. The van der Waals surface area contributed by atoms with Crippen LogP contribution in [0, 0.1) is 5.82 Å². The summed E-state index contributed by atoms with van der Waals surface area (Å²) in [5.41, 5.74) is 0.905. The summed E-state index contributed by atoms with van der Waals surface area (Å²) < 4.78 is 13.2. The number of hydrogen-bond donors (Lipinski definition) is 2. The van der Waals surface area contributed by atoms with Gasteiger partial charge in [-0.3, -0.25) is 0 Å². The van der Waals surface area contributed by atoms with Crippen LogP contribution in [-0.4, -0.2) is 35.1 Å². The molecule has 6 heteroatoms. The number of hydrogen-bond acceptors (Lipinski definition) is 2. The maximum Gasteiger partial charge on any atom is 0.337 e. The lowest BCUT2D eigenvalue weighted by atomic mass is 10.1. The van der Waals surface area contributed by atoms with Crippen LogP contribution in [0.25, 0.3) is 0 Å². The van der Waals surface area contributed by atoms with E-state index in [0.717, 1.165) is 30.2 Å². The molecule has 2 rings (SSSR count). The van der Waals surface area contributed by atoms with Crippen LogP contribution in [0.3, 0.4) is 0 Å². The van der Waals surface area contributed by atoms with Crippen molar-refractivity contribution in [2.24, 2.45) is 0 Å². The SMILES string of the molecule is CC1=CCCN(C(=O)Nc2cc(F)ccc2C(=O)O)C1. The van der Waals surface area contributed by atoms with E-state index in [-0.39, 0.29) is 11.3 Å². The number of carboxylic acid groups (broad SMARTS) is 1. The zero-order valence-electron chi connectivity index (χ0n) is 11.0. The molecule has 0 atom stereocenters. The molecule has 0 bridgehead atoms. The smallest absolute Gasteiger partial charge is 0.337 e. The first kappa shape index (κ1) is 14.0. The van der Waals surface area contributed by atoms with E-state index in [9.17, 15) is 14.0 Å². The van der Waals surface area contributed by atoms with Crippen molar-refractivity contribution in [1.29, 1.82) is 0 Å². The molecule has 2 N–H and O–H groups in total. The van der Waals surface area contributed by atoms with Crippen molar-refractivity contribution in [2.45, 2.75) is 13.3 Å². The zero-order chi connectivity index (χ0) is 14.7. The predicted molar refractivity (Wildman–Crippen MR) is 72.3 cm³/mol. The van der Waals surface area contributed by atoms with Gasteiger partial charge in [-0.05, 0) is 31.5 Å². The molecule has 2 amide bonds. The van der Waals surface area contributed by atoms with Crippen LogP contribution >= 0.6 is 0 Å². The van der Waals surface area contributed by atoms with Gasteiger partial charge in [0, 0.05) is 13.1 Å². The van der Waals surface area contributed by atoms with Gasteiger partial charge >= 0.3 is 12.0 Å². The monoisotopic (exact) mass is 278 g/mol. The third-order valence-corrected chi connectivity index (χ3v) is 3.07. The van der Waals surface area contributed by atoms with Crippen molar-refractivity contribution >= 4 is 17.7 Å². The first-order chi connectivity index (χ1) is 9.47. The Bertz CT molecular complexity index is 584. The highest BCUT2D eigenvalue weighted by Gasteiger charge is 2.19. The molecule has 0 saturated heterocycles. The fraction of sp³-hybridized carbons (Fsp3) is 0.286. The molecule has 0 radical (unpaired) electrons. The number of aromatic carboxylic acids is 1. The van der Waals surface area contributed by atoms with Crippen molar-refractivity contribution in [3.05, 3.63) is 41.2 Å². The Morgan fingerprint density at radius 3 is 2.80 bits per heavy atom. The van der Waals surface area contributed by atoms with Crippen LogP contribution in [0.4, 0.5) is 14.9 Å². The van der Waals surface area contributed by atoms with Crippen LogP contribution in [-0.2, 0) is 0 Å². The van der Waals surface area contributed by atoms with E-state index in [1.54, 1.807) is 4.90 Å². The Kier molecular flexibility index (Phi) is 4.02. The van der Waals surface area contributed by atoms with Gasteiger partial charge in [-0.1, -0.05) is 11.6 Å². The highest BCUT2D eigenvalue weighted by Crippen LogP contribution is 2.19. The summed E-state index contributed by atoms with van der Waals surface area (Å²) in [7, 11) is 0. The summed E-state index contributed by atoms with van der Waals surface area (Å²) in [4.78, 5) is 24.7. The van der Waals surface area contributed by atoms with E-state index < -0.39 is 17.8 Å². The van der Waals surface area contributed by atoms with E-state index >= 15 is 0 Å². The van der Waals surface area contributed by atoms with Crippen LogP contribution < -0.4 is 5.32 Å². The number of carbonyl (C=O) groups excluding carboxylic acids is 1. The molecule has 0 unspecified atom stereocenters. The first-order valence-corrected chi connectivity index (χ1v) is 6.22. The zero-order valence-corrected chi connectivity index (χ0v) is 11.0. The molecule has 106 valence electrons. The normalized spacial score (nSPS) is 14.7. The molecule has 0 aliphatic carbocycles. The van der Waals surface area contributed by atoms with Crippen molar-refractivity contribution in [3.63, 3.8) is 0 Å². The second-order valence-electron chi connectivity index (χ2n) is 4.69. The third kappa shape index (κ3) is 3.14. The Hall–Kier alpha value is -2.37. The molecule has 1 aliphatic heterocycles. The molecule has 1 heterocycles. The molecule has 5 nitrogen and oxygen atoms in total. The second kappa shape index (κ2) is 5.73. The Morgan fingerprint density at radius 1 is 1.40 bits per heavy atom. The van der Waals surface area contributed by atoms with E-state index in [0.29, 0.717) is 13.1 Å². The third-order valence-electron chi connectivity index (χ3n) is 3.07. The predicted octanol–water partition coefficient (Wildman–Crippen LogP) is 2.71. The lowest BCUT2D eigenvalue weighted by Gasteiger charge is -2.26. The summed E-state index contributed by atoms with van der Waals surface area (Å²) in [6, 6.07) is 2.76. The number of anilines is 1. The molecule has 1 aromatic rings. The molecular formula is C14H15FN2O3. The largest absolute Gasteiger partial charge is 0.478 e. The molecule has 20 heavy (non-hydrogen) atoms. The van der Waals surface area contributed by atoms with Gasteiger partial charge in [-0.25, -0.2) is 14.0 Å². The van der Waals surface area contributed by atoms with Crippen molar-refractivity contribution in [1.82, 2.24) is 4.90 Å². The fourth-order valence-corrected chi connectivity index (χ4v) is 2.09. The lowest BCUT2D eigenvalue weighted by molar-refractivity contribution is 0.0698. The Balaban J connectivity index is 2.17. The highest BCUT2D eigenvalue weighted by molar-refractivity contribution is 6.00. The number of carbonyl (C=O) groups is 2. The summed E-state index contributed by atoms with van der Waals surface area (Å²) >= 11 is 0. The van der Waals surface area contributed by atoms with Gasteiger partial charge in [0.2, 0.25) is 0 Å². The molecule has 1 aromatic carbocycles. The average molecular weight is 278 g/mol. The molecule has 0 spiro atoms.